The van der Waals surface area contributed by atoms with E-state index < -0.39 is 23.7 Å². The number of nitrogens with zero attached hydrogens (tertiary/aromatic N) is 1. The molecule has 28 heavy (non-hydrogen) atoms. The van der Waals surface area contributed by atoms with Gasteiger partial charge in [-0.2, -0.15) is 0 Å². The zero-order chi connectivity index (χ0) is 20.5. The quantitative estimate of drug-likeness (QED) is 0.585. The Kier molecular flexibility index (Phi) is 5.51. The van der Waals surface area contributed by atoms with E-state index in [-0.39, 0.29) is 5.92 Å². The van der Waals surface area contributed by atoms with Gasteiger partial charge in [-0.25, -0.2) is 9.59 Å². The van der Waals surface area contributed by atoms with Gasteiger partial charge in [0.05, 0.1) is 7.11 Å². The number of benzene rings is 1. The van der Waals surface area contributed by atoms with Gasteiger partial charge in [-0.3, -0.25) is 4.90 Å². The standard InChI is InChI=1S/C23H27NO4/c1-6-15-8-7-9-16(12-15)13-17-10-11-19-18(17)14-20(21(25)27-5)24(19)22(26)28-23(2,3)4/h1,7-9,12,17,20H,10-11,13-14H2,2-5H3. The van der Waals surface area contributed by atoms with E-state index in [1.165, 1.54) is 17.6 Å². The summed E-state index contributed by atoms with van der Waals surface area (Å²) in [5.41, 5.74) is 3.47. The number of esters is 1. The van der Waals surface area contributed by atoms with Gasteiger partial charge in [-0.1, -0.05) is 18.1 Å². The highest BCUT2D eigenvalue weighted by Gasteiger charge is 2.46. The summed E-state index contributed by atoms with van der Waals surface area (Å²) in [6, 6.07) is 7.32. The number of terminal acetylenes is 1. The van der Waals surface area contributed by atoms with Crippen molar-refractivity contribution in [1.29, 1.82) is 0 Å². The summed E-state index contributed by atoms with van der Waals surface area (Å²) in [6.07, 6.45) is 8.06. The van der Waals surface area contributed by atoms with E-state index in [9.17, 15) is 9.59 Å². The van der Waals surface area contributed by atoms with Crippen molar-refractivity contribution in [2.45, 2.75) is 58.1 Å². The van der Waals surface area contributed by atoms with Crippen molar-refractivity contribution in [3.05, 3.63) is 46.7 Å². The molecule has 148 valence electrons. The van der Waals surface area contributed by atoms with E-state index in [0.29, 0.717) is 6.42 Å². The third-order valence-corrected chi connectivity index (χ3v) is 5.25. The van der Waals surface area contributed by atoms with Crippen LogP contribution in [0.2, 0.25) is 0 Å². The molecule has 0 aromatic heterocycles. The van der Waals surface area contributed by atoms with Crippen LogP contribution in [0.1, 0.15) is 51.2 Å². The minimum absolute atomic E-state index is 0.280. The maximum Gasteiger partial charge on any atom is 0.415 e. The molecule has 2 unspecified atom stereocenters. The van der Waals surface area contributed by atoms with Gasteiger partial charge in [0, 0.05) is 17.7 Å². The molecule has 0 spiro atoms. The minimum atomic E-state index is -0.648. The Morgan fingerprint density at radius 3 is 2.71 bits per heavy atom. The lowest BCUT2D eigenvalue weighted by Crippen LogP contribution is -2.44. The second kappa shape index (κ2) is 7.71. The van der Waals surface area contributed by atoms with Crippen LogP contribution in [0.25, 0.3) is 0 Å². The Balaban J connectivity index is 1.86. The van der Waals surface area contributed by atoms with E-state index in [1.807, 2.05) is 39.0 Å². The Hall–Kier alpha value is -2.74. The number of rotatable bonds is 3. The van der Waals surface area contributed by atoms with Crippen LogP contribution in [0.15, 0.2) is 35.5 Å². The molecule has 0 fully saturated rings. The molecule has 5 heteroatoms. The molecule has 3 rings (SSSR count). The third-order valence-electron chi connectivity index (χ3n) is 5.25. The zero-order valence-electron chi connectivity index (χ0n) is 17.0. The number of carbonyl (C=O) groups is 2. The van der Waals surface area contributed by atoms with Crippen LogP contribution in [0.5, 0.6) is 0 Å². The van der Waals surface area contributed by atoms with Gasteiger partial charge < -0.3 is 9.47 Å². The lowest BCUT2D eigenvalue weighted by Gasteiger charge is -2.29. The van der Waals surface area contributed by atoms with Gasteiger partial charge in [0.1, 0.15) is 11.6 Å². The van der Waals surface area contributed by atoms with Crippen molar-refractivity contribution in [3.8, 4) is 12.3 Å². The molecule has 0 N–H and O–H groups in total. The maximum atomic E-state index is 12.8. The average molecular weight is 381 g/mol. The second-order valence-corrected chi connectivity index (χ2v) is 8.35. The fourth-order valence-electron chi connectivity index (χ4n) is 4.10. The van der Waals surface area contributed by atoms with Crippen LogP contribution >= 0.6 is 0 Å². The van der Waals surface area contributed by atoms with Gasteiger partial charge in [0.15, 0.2) is 0 Å². The maximum absolute atomic E-state index is 12.8. The van der Waals surface area contributed by atoms with Crippen molar-refractivity contribution in [1.82, 2.24) is 4.90 Å². The van der Waals surface area contributed by atoms with E-state index in [4.69, 9.17) is 15.9 Å². The van der Waals surface area contributed by atoms with Crippen molar-refractivity contribution >= 4 is 12.1 Å². The summed E-state index contributed by atoms with van der Waals surface area (Å²) in [7, 11) is 1.35. The number of ether oxygens (including phenoxy) is 2. The smallest absolute Gasteiger partial charge is 0.415 e. The molecule has 1 aromatic carbocycles. The van der Waals surface area contributed by atoms with Crippen molar-refractivity contribution < 1.29 is 19.1 Å². The first-order chi connectivity index (χ1) is 13.2. The molecule has 1 aliphatic carbocycles. The summed E-state index contributed by atoms with van der Waals surface area (Å²) in [4.78, 5) is 26.7. The highest BCUT2D eigenvalue weighted by molar-refractivity contribution is 5.85. The molecular formula is C23H27NO4. The van der Waals surface area contributed by atoms with Gasteiger partial charge in [-0.15, -0.1) is 6.42 Å². The normalized spacial score (nSPS) is 21.3. The van der Waals surface area contributed by atoms with Crippen molar-refractivity contribution in [3.63, 3.8) is 0 Å². The lowest BCUT2D eigenvalue weighted by molar-refractivity contribution is -0.145. The predicted molar refractivity (Wildman–Crippen MR) is 106 cm³/mol. The monoisotopic (exact) mass is 381 g/mol. The van der Waals surface area contributed by atoms with Crippen LogP contribution in [-0.4, -0.2) is 35.7 Å². The largest absolute Gasteiger partial charge is 0.467 e. The Morgan fingerprint density at radius 2 is 2.07 bits per heavy atom. The zero-order valence-corrected chi connectivity index (χ0v) is 17.0. The van der Waals surface area contributed by atoms with Crippen molar-refractivity contribution in [2.75, 3.05) is 7.11 Å². The summed E-state index contributed by atoms with van der Waals surface area (Å²) >= 11 is 0. The van der Waals surface area contributed by atoms with Crippen LogP contribution < -0.4 is 0 Å². The number of likely N-dealkylation sites (tertiary alicyclic amines) is 1. The Labute approximate surface area is 166 Å². The molecule has 1 amide bonds. The number of methoxy groups -OCH3 is 1. The van der Waals surface area contributed by atoms with Gasteiger partial charge >= 0.3 is 12.1 Å². The summed E-state index contributed by atoms with van der Waals surface area (Å²) < 4.78 is 10.5. The highest BCUT2D eigenvalue weighted by Crippen LogP contribution is 2.45. The van der Waals surface area contributed by atoms with E-state index >= 15 is 0 Å². The second-order valence-electron chi connectivity index (χ2n) is 8.35. The molecular weight excluding hydrogens is 354 g/mol. The molecule has 5 nitrogen and oxygen atoms in total. The fourth-order valence-corrected chi connectivity index (χ4v) is 4.10. The van der Waals surface area contributed by atoms with E-state index in [0.717, 1.165) is 36.1 Å². The number of carbonyl (C=O) groups excluding carboxylic acids is 2. The molecule has 2 atom stereocenters. The molecule has 0 bridgehead atoms. The topological polar surface area (TPSA) is 55.8 Å². The Bertz CT molecular complexity index is 856. The predicted octanol–water partition coefficient (Wildman–Crippen LogP) is 4.06. The molecule has 0 saturated carbocycles. The Morgan fingerprint density at radius 1 is 1.32 bits per heavy atom. The average Bonchev–Trinajstić information content (AvgIpc) is 3.19. The first-order valence-electron chi connectivity index (χ1n) is 9.61. The van der Waals surface area contributed by atoms with Crippen molar-refractivity contribution in [2.24, 2.45) is 5.92 Å². The van der Waals surface area contributed by atoms with Gasteiger partial charge in [-0.05, 0) is 69.2 Å². The minimum Gasteiger partial charge on any atom is -0.467 e. The molecule has 1 heterocycles. The fraction of sp³-hybridized carbons (Fsp3) is 0.478. The van der Waals surface area contributed by atoms with Crippen LogP contribution in [0.4, 0.5) is 4.79 Å². The number of allylic oxidation sites excluding steroid dienone is 1. The molecule has 2 aliphatic rings. The van der Waals surface area contributed by atoms with Gasteiger partial charge in [0.2, 0.25) is 0 Å². The first kappa shape index (κ1) is 20.0. The number of hydrogen-bond donors (Lipinski definition) is 0. The molecule has 0 saturated heterocycles. The first-order valence-corrected chi connectivity index (χ1v) is 9.61. The SMILES string of the molecule is C#Cc1cccc(CC2CCC3=C2CC(C(=O)OC)N3C(=O)OC(C)(C)C)c1. The number of amides is 1. The highest BCUT2D eigenvalue weighted by atomic mass is 16.6. The lowest BCUT2D eigenvalue weighted by atomic mass is 9.90. The van der Waals surface area contributed by atoms with Crippen LogP contribution in [0.3, 0.4) is 0 Å². The molecule has 1 aliphatic heterocycles. The third kappa shape index (κ3) is 4.06. The van der Waals surface area contributed by atoms with Crippen LogP contribution in [-0.2, 0) is 20.7 Å². The summed E-state index contributed by atoms with van der Waals surface area (Å²) in [6.45, 7) is 5.46. The summed E-state index contributed by atoms with van der Waals surface area (Å²) in [5, 5.41) is 0. The molecule has 1 aromatic rings. The van der Waals surface area contributed by atoms with E-state index in [2.05, 4.69) is 12.0 Å². The van der Waals surface area contributed by atoms with E-state index in [1.54, 1.807) is 0 Å². The summed E-state index contributed by atoms with van der Waals surface area (Å²) in [5.74, 6) is 2.54. The molecule has 0 radical (unpaired) electrons. The van der Waals surface area contributed by atoms with Crippen LogP contribution in [0, 0.1) is 18.3 Å². The number of hydrogen-bond acceptors (Lipinski definition) is 4. The van der Waals surface area contributed by atoms with Gasteiger partial charge in [0.25, 0.3) is 0 Å².